The van der Waals surface area contributed by atoms with Crippen LogP contribution in [0.1, 0.15) is 5.56 Å². The van der Waals surface area contributed by atoms with Gasteiger partial charge in [0.1, 0.15) is 6.54 Å². The molecule has 2 heterocycles. The van der Waals surface area contributed by atoms with E-state index in [0.717, 1.165) is 29.9 Å². The van der Waals surface area contributed by atoms with E-state index in [2.05, 4.69) is 18.3 Å². The highest BCUT2D eigenvalue weighted by molar-refractivity contribution is 5.30. The van der Waals surface area contributed by atoms with Crippen molar-refractivity contribution in [2.45, 2.75) is 26.3 Å². The molecule has 0 amide bonds. The number of para-hydroxylation sites is 1. The average molecular weight is 409 g/mol. The van der Waals surface area contributed by atoms with Crippen LogP contribution in [0.25, 0.3) is 5.69 Å². The van der Waals surface area contributed by atoms with Crippen LogP contribution in [0.3, 0.4) is 0 Å². The van der Waals surface area contributed by atoms with E-state index in [4.69, 9.17) is 0 Å². The van der Waals surface area contributed by atoms with Gasteiger partial charge >= 0.3 is 17.1 Å². The molecule has 0 saturated carbocycles. The molecule has 1 unspecified atom stereocenters. The third-order valence-corrected chi connectivity index (χ3v) is 4.60. The molecule has 3 aromatic rings. The van der Waals surface area contributed by atoms with E-state index in [0.29, 0.717) is 6.54 Å². The number of rotatable bonds is 9. The molecule has 0 aliphatic carbocycles. The van der Waals surface area contributed by atoms with E-state index >= 15 is 0 Å². The molecule has 30 heavy (non-hydrogen) atoms. The van der Waals surface area contributed by atoms with Crippen molar-refractivity contribution in [1.82, 2.24) is 23.5 Å². The van der Waals surface area contributed by atoms with Gasteiger partial charge in [-0.05, 0) is 12.1 Å². The van der Waals surface area contributed by atoms with Gasteiger partial charge in [0.25, 0.3) is 0 Å². The van der Waals surface area contributed by atoms with Gasteiger partial charge in [0.05, 0.1) is 32.0 Å². The van der Waals surface area contributed by atoms with Gasteiger partial charge in [0.2, 0.25) is 0 Å². The van der Waals surface area contributed by atoms with E-state index in [1.165, 1.54) is 12.2 Å². The molecule has 0 bridgehead atoms. The highest BCUT2D eigenvalue weighted by atomic mass is 16.2. The number of quaternary nitrogens is 1. The number of allylic oxidation sites excluding steroid dienone is 2. The first-order valence-electron chi connectivity index (χ1n) is 9.52. The number of benzene rings is 1. The number of aromatic nitrogens is 5. The molecular formula is C21H25N6O3+. The maximum atomic E-state index is 12.7. The smallest absolute Gasteiger partial charge is 0.316 e. The molecule has 1 aromatic carbocycles. The Labute approximate surface area is 173 Å². The van der Waals surface area contributed by atoms with Crippen LogP contribution in [0.15, 0.2) is 82.4 Å². The monoisotopic (exact) mass is 409 g/mol. The summed E-state index contributed by atoms with van der Waals surface area (Å²) < 4.78 is 4.85. The summed E-state index contributed by atoms with van der Waals surface area (Å²) >= 11 is 0. The van der Waals surface area contributed by atoms with E-state index < -0.39 is 17.1 Å². The fraction of sp³-hybridized carbons (Fsp3) is 0.238. The first-order valence-corrected chi connectivity index (χ1v) is 9.52. The lowest BCUT2D eigenvalue weighted by atomic mass is 10.3. The van der Waals surface area contributed by atoms with Crippen molar-refractivity contribution in [3.8, 4) is 5.69 Å². The first-order chi connectivity index (χ1) is 14.5. The zero-order valence-corrected chi connectivity index (χ0v) is 16.9. The topological polar surface area (TPSA) is 88.3 Å². The molecule has 3 rings (SSSR count). The first kappa shape index (κ1) is 21.0. The lowest BCUT2D eigenvalue weighted by molar-refractivity contribution is -0.917. The van der Waals surface area contributed by atoms with Crippen molar-refractivity contribution >= 4 is 0 Å². The Hall–Kier alpha value is -3.72. The quantitative estimate of drug-likeness (QED) is 0.478. The molecule has 156 valence electrons. The molecule has 1 atom stereocenters. The molecule has 0 aliphatic rings. The molecular weight excluding hydrogens is 384 g/mol. The van der Waals surface area contributed by atoms with Gasteiger partial charge in [-0.2, -0.15) is 9.67 Å². The SMILES string of the molecule is C=CCn1c(=O)n(CC=C)c(=O)n(C[NH+](C)Cc2cnn(-c3ccccc3)c2)c1=O. The summed E-state index contributed by atoms with van der Waals surface area (Å²) in [6.07, 6.45) is 6.57. The van der Waals surface area contributed by atoms with Crippen molar-refractivity contribution < 1.29 is 4.90 Å². The van der Waals surface area contributed by atoms with Gasteiger partial charge in [-0.25, -0.2) is 28.2 Å². The molecule has 0 aliphatic heterocycles. The van der Waals surface area contributed by atoms with Crippen LogP contribution in [-0.2, 0) is 26.3 Å². The fourth-order valence-corrected chi connectivity index (χ4v) is 3.24. The Morgan fingerprint density at radius 3 is 2.07 bits per heavy atom. The number of hydrogen-bond donors (Lipinski definition) is 1. The normalized spacial score (nSPS) is 11.9. The van der Waals surface area contributed by atoms with Crippen LogP contribution < -0.4 is 22.0 Å². The van der Waals surface area contributed by atoms with Crippen LogP contribution in [0, 0.1) is 0 Å². The summed E-state index contributed by atoms with van der Waals surface area (Å²) in [4.78, 5) is 38.8. The van der Waals surface area contributed by atoms with E-state index in [1.807, 2.05) is 43.6 Å². The summed E-state index contributed by atoms with van der Waals surface area (Å²) in [6, 6.07) is 9.73. The average Bonchev–Trinajstić information content (AvgIpc) is 3.21. The van der Waals surface area contributed by atoms with Gasteiger partial charge < -0.3 is 4.90 Å². The Bertz CT molecular complexity index is 1170. The Morgan fingerprint density at radius 1 is 0.933 bits per heavy atom. The number of hydrogen-bond acceptors (Lipinski definition) is 4. The molecule has 0 spiro atoms. The second-order valence-corrected chi connectivity index (χ2v) is 7.00. The van der Waals surface area contributed by atoms with Crippen LogP contribution >= 0.6 is 0 Å². The van der Waals surface area contributed by atoms with Crippen molar-refractivity contribution in [3.63, 3.8) is 0 Å². The van der Waals surface area contributed by atoms with Gasteiger partial charge in [0, 0.05) is 11.8 Å². The molecule has 0 saturated heterocycles. The minimum absolute atomic E-state index is 0.0258. The van der Waals surface area contributed by atoms with Crippen LogP contribution in [0.2, 0.25) is 0 Å². The minimum Gasteiger partial charge on any atom is -0.316 e. The molecule has 2 aromatic heterocycles. The second-order valence-electron chi connectivity index (χ2n) is 7.00. The highest BCUT2D eigenvalue weighted by Gasteiger charge is 2.17. The Kier molecular flexibility index (Phi) is 6.43. The van der Waals surface area contributed by atoms with Crippen LogP contribution in [0.4, 0.5) is 0 Å². The van der Waals surface area contributed by atoms with Crippen molar-refractivity contribution in [2.75, 3.05) is 7.05 Å². The maximum absolute atomic E-state index is 12.7. The van der Waals surface area contributed by atoms with E-state index in [-0.39, 0.29) is 19.8 Å². The maximum Gasteiger partial charge on any atom is 0.341 e. The zero-order valence-electron chi connectivity index (χ0n) is 16.9. The van der Waals surface area contributed by atoms with Gasteiger partial charge in [-0.1, -0.05) is 30.4 Å². The third kappa shape index (κ3) is 4.31. The summed E-state index contributed by atoms with van der Waals surface area (Å²) in [5.74, 6) is 0. The molecule has 9 nitrogen and oxygen atoms in total. The fourth-order valence-electron chi connectivity index (χ4n) is 3.24. The number of nitrogens with zero attached hydrogens (tertiary/aromatic N) is 5. The predicted octanol–water partition coefficient (Wildman–Crippen LogP) is -0.598. The number of nitrogens with one attached hydrogen (secondary N) is 1. The molecule has 0 radical (unpaired) electrons. The van der Waals surface area contributed by atoms with Crippen molar-refractivity contribution in [2.24, 2.45) is 0 Å². The third-order valence-electron chi connectivity index (χ3n) is 4.60. The van der Waals surface area contributed by atoms with Crippen LogP contribution in [-0.4, -0.2) is 30.5 Å². The minimum atomic E-state index is -0.664. The van der Waals surface area contributed by atoms with Crippen LogP contribution in [0.5, 0.6) is 0 Å². The van der Waals surface area contributed by atoms with E-state index in [1.54, 1.807) is 10.9 Å². The largest absolute Gasteiger partial charge is 0.341 e. The molecule has 0 fully saturated rings. The Balaban J connectivity index is 1.87. The summed E-state index contributed by atoms with van der Waals surface area (Å²) in [6.45, 7) is 7.85. The van der Waals surface area contributed by atoms with Crippen molar-refractivity contribution in [3.05, 3.63) is 105 Å². The highest BCUT2D eigenvalue weighted by Crippen LogP contribution is 2.06. The Morgan fingerprint density at radius 2 is 1.50 bits per heavy atom. The van der Waals surface area contributed by atoms with Crippen molar-refractivity contribution in [1.29, 1.82) is 0 Å². The standard InChI is InChI=1S/C21H24N6O3/c1-4-11-24-19(28)25(12-5-2)21(30)26(20(24)29)16-23(3)14-17-13-22-27(15-17)18-9-7-6-8-10-18/h4-10,13,15H,1-2,11-12,14,16H2,3H3/p+1. The molecule has 9 heteroatoms. The zero-order chi connectivity index (χ0) is 21.7. The lowest BCUT2D eigenvalue weighted by Gasteiger charge is -2.16. The van der Waals surface area contributed by atoms with Gasteiger partial charge in [-0.3, -0.25) is 0 Å². The predicted molar refractivity (Wildman–Crippen MR) is 114 cm³/mol. The molecule has 1 N–H and O–H groups in total. The second kappa shape index (κ2) is 9.19. The summed E-state index contributed by atoms with van der Waals surface area (Å²) in [5, 5.41) is 4.37. The summed E-state index contributed by atoms with van der Waals surface area (Å²) in [5.41, 5.74) is -0.0615. The summed E-state index contributed by atoms with van der Waals surface area (Å²) in [7, 11) is 1.87. The van der Waals surface area contributed by atoms with E-state index in [9.17, 15) is 14.4 Å². The van der Waals surface area contributed by atoms with Gasteiger partial charge in [-0.15, -0.1) is 13.2 Å². The lowest BCUT2D eigenvalue weighted by Crippen LogP contribution is -3.07. The van der Waals surface area contributed by atoms with Gasteiger partial charge in [0.15, 0.2) is 6.67 Å².